The van der Waals surface area contributed by atoms with Gasteiger partial charge in [-0.25, -0.2) is 4.98 Å². The van der Waals surface area contributed by atoms with E-state index in [0.29, 0.717) is 6.54 Å². The topological polar surface area (TPSA) is 61.7 Å². The van der Waals surface area contributed by atoms with E-state index in [2.05, 4.69) is 32.8 Å². The summed E-state index contributed by atoms with van der Waals surface area (Å²) in [5, 5.41) is 10.6. The van der Waals surface area contributed by atoms with Gasteiger partial charge in [0.2, 0.25) is 0 Å². The SMILES string of the molecule is C[C@H]1Cc2cc([C@@H](O)CN3CCN(c4cnccn4)CC3)ccc2O1. The number of hydrogen-bond acceptors (Lipinski definition) is 6. The smallest absolute Gasteiger partial charge is 0.147 e. The molecular formula is C19H24N4O2. The van der Waals surface area contributed by atoms with Crippen molar-refractivity contribution in [3.63, 3.8) is 0 Å². The highest BCUT2D eigenvalue weighted by Gasteiger charge is 2.23. The van der Waals surface area contributed by atoms with E-state index in [0.717, 1.165) is 49.7 Å². The van der Waals surface area contributed by atoms with E-state index in [-0.39, 0.29) is 6.10 Å². The van der Waals surface area contributed by atoms with Crippen molar-refractivity contribution in [3.05, 3.63) is 47.9 Å². The lowest BCUT2D eigenvalue weighted by molar-refractivity contribution is 0.109. The number of hydrogen-bond donors (Lipinski definition) is 1. The van der Waals surface area contributed by atoms with E-state index in [9.17, 15) is 5.11 Å². The molecule has 0 unspecified atom stereocenters. The summed E-state index contributed by atoms with van der Waals surface area (Å²) in [7, 11) is 0. The molecule has 2 aliphatic heterocycles. The van der Waals surface area contributed by atoms with E-state index in [1.165, 1.54) is 5.56 Å². The van der Waals surface area contributed by atoms with E-state index < -0.39 is 6.10 Å². The molecule has 3 heterocycles. The molecule has 4 rings (SSSR count). The van der Waals surface area contributed by atoms with Crippen molar-refractivity contribution in [3.8, 4) is 5.75 Å². The molecule has 1 N–H and O–H groups in total. The van der Waals surface area contributed by atoms with Crippen LogP contribution in [0.4, 0.5) is 5.82 Å². The van der Waals surface area contributed by atoms with Gasteiger partial charge < -0.3 is 14.7 Å². The number of rotatable bonds is 4. The maximum absolute atomic E-state index is 10.6. The predicted molar refractivity (Wildman–Crippen MR) is 95.9 cm³/mol. The molecule has 1 aromatic heterocycles. The summed E-state index contributed by atoms with van der Waals surface area (Å²) < 4.78 is 5.74. The summed E-state index contributed by atoms with van der Waals surface area (Å²) in [6.45, 7) is 6.37. The van der Waals surface area contributed by atoms with Gasteiger partial charge in [0.25, 0.3) is 0 Å². The van der Waals surface area contributed by atoms with Gasteiger partial charge >= 0.3 is 0 Å². The molecule has 0 amide bonds. The van der Waals surface area contributed by atoms with Crippen LogP contribution in [0.15, 0.2) is 36.8 Å². The van der Waals surface area contributed by atoms with Crippen LogP contribution < -0.4 is 9.64 Å². The third-order valence-corrected chi connectivity index (χ3v) is 4.98. The van der Waals surface area contributed by atoms with E-state index in [4.69, 9.17) is 4.74 Å². The third kappa shape index (κ3) is 3.60. The highest BCUT2D eigenvalue weighted by molar-refractivity contribution is 5.41. The highest BCUT2D eigenvalue weighted by atomic mass is 16.5. The highest BCUT2D eigenvalue weighted by Crippen LogP contribution is 2.31. The Hall–Kier alpha value is -2.18. The predicted octanol–water partition coefficient (Wildman–Crippen LogP) is 1.66. The van der Waals surface area contributed by atoms with Crippen LogP contribution in [0.25, 0.3) is 0 Å². The van der Waals surface area contributed by atoms with Crippen molar-refractivity contribution in [1.82, 2.24) is 14.9 Å². The summed E-state index contributed by atoms with van der Waals surface area (Å²) in [4.78, 5) is 13.0. The Labute approximate surface area is 148 Å². The first-order valence-electron chi connectivity index (χ1n) is 8.90. The number of aliphatic hydroxyl groups is 1. The molecule has 0 aliphatic carbocycles. The van der Waals surface area contributed by atoms with E-state index in [1.54, 1.807) is 18.6 Å². The van der Waals surface area contributed by atoms with Crippen LogP contribution in [0, 0.1) is 0 Å². The minimum absolute atomic E-state index is 0.233. The average Bonchev–Trinajstić information content (AvgIpc) is 3.02. The molecule has 2 aliphatic rings. The largest absolute Gasteiger partial charge is 0.490 e. The average molecular weight is 340 g/mol. The third-order valence-electron chi connectivity index (χ3n) is 4.98. The van der Waals surface area contributed by atoms with Crippen LogP contribution in [0.3, 0.4) is 0 Å². The van der Waals surface area contributed by atoms with Crippen LogP contribution >= 0.6 is 0 Å². The van der Waals surface area contributed by atoms with Crippen molar-refractivity contribution < 1.29 is 9.84 Å². The number of anilines is 1. The summed E-state index contributed by atoms with van der Waals surface area (Å²) in [6, 6.07) is 6.07. The Bertz CT molecular complexity index is 717. The molecule has 0 spiro atoms. The molecule has 25 heavy (non-hydrogen) atoms. The number of fused-ring (bicyclic) bond motifs is 1. The van der Waals surface area contributed by atoms with Crippen molar-refractivity contribution in [2.75, 3.05) is 37.6 Å². The standard InChI is InChI=1S/C19H24N4O2/c1-14-10-16-11-15(2-3-18(16)25-14)17(24)13-22-6-8-23(9-7-22)19-12-20-4-5-21-19/h2-5,11-12,14,17,24H,6-10,13H2,1H3/t14-,17-/m0/s1. The van der Waals surface area contributed by atoms with Crippen LogP contribution in [0.5, 0.6) is 5.75 Å². The van der Waals surface area contributed by atoms with Crippen LogP contribution in [0.1, 0.15) is 24.2 Å². The number of ether oxygens (including phenoxy) is 1. The maximum Gasteiger partial charge on any atom is 0.147 e. The lowest BCUT2D eigenvalue weighted by Crippen LogP contribution is -2.47. The quantitative estimate of drug-likeness (QED) is 0.913. The minimum atomic E-state index is -0.468. The lowest BCUT2D eigenvalue weighted by Gasteiger charge is -2.36. The van der Waals surface area contributed by atoms with Gasteiger partial charge in [-0.1, -0.05) is 6.07 Å². The first-order valence-corrected chi connectivity index (χ1v) is 8.90. The van der Waals surface area contributed by atoms with Gasteiger partial charge in [-0.2, -0.15) is 0 Å². The zero-order chi connectivity index (χ0) is 17.2. The minimum Gasteiger partial charge on any atom is -0.490 e. The molecule has 0 saturated carbocycles. The summed E-state index contributed by atoms with van der Waals surface area (Å²) in [6.07, 6.45) is 5.91. The Balaban J connectivity index is 1.33. The molecule has 2 aromatic rings. The lowest BCUT2D eigenvalue weighted by atomic mass is 10.0. The van der Waals surface area contributed by atoms with Crippen LogP contribution in [-0.2, 0) is 6.42 Å². The fourth-order valence-corrected chi connectivity index (χ4v) is 3.61. The molecule has 0 radical (unpaired) electrons. The Morgan fingerprint density at radius 1 is 1.24 bits per heavy atom. The summed E-state index contributed by atoms with van der Waals surface area (Å²) in [5.41, 5.74) is 2.18. The monoisotopic (exact) mass is 340 g/mol. The normalized spacial score (nSPS) is 21.7. The number of β-amino-alcohol motifs (C(OH)–C–C–N with tert-alkyl or cyclic N) is 1. The molecule has 1 fully saturated rings. The number of nitrogens with zero attached hydrogens (tertiary/aromatic N) is 4. The molecule has 1 aromatic carbocycles. The van der Waals surface area contributed by atoms with Gasteiger partial charge in [-0.15, -0.1) is 0 Å². The van der Waals surface area contributed by atoms with Gasteiger partial charge in [-0.3, -0.25) is 9.88 Å². The van der Waals surface area contributed by atoms with Crippen molar-refractivity contribution in [2.45, 2.75) is 25.6 Å². The molecule has 0 bridgehead atoms. The molecule has 1 saturated heterocycles. The maximum atomic E-state index is 10.6. The first kappa shape index (κ1) is 16.3. The van der Waals surface area contributed by atoms with Gasteiger partial charge in [-0.05, 0) is 30.2 Å². The van der Waals surface area contributed by atoms with Gasteiger partial charge in [0.1, 0.15) is 17.7 Å². The molecule has 6 nitrogen and oxygen atoms in total. The molecule has 132 valence electrons. The summed E-state index contributed by atoms with van der Waals surface area (Å²) >= 11 is 0. The zero-order valence-electron chi connectivity index (χ0n) is 14.5. The van der Waals surface area contributed by atoms with Crippen LogP contribution in [0.2, 0.25) is 0 Å². The Morgan fingerprint density at radius 2 is 2.08 bits per heavy atom. The van der Waals surface area contributed by atoms with Crippen LogP contribution in [-0.4, -0.2) is 58.8 Å². The fraction of sp³-hybridized carbons (Fsp3) is 0.474. The number of aliphatic hydroxyl groups excluding tert-OH is 1. The van der Waals surface area contributed by atoms with Crippen molar-refractivity contribution >= 4 is 5.82 Å². The van der Waals surface area contributed by atoms with E-state index in [1.807, 2.05) is 12.1 Å². The number of piperazine rings is 1. The molecular weight excluding hydrogens is 316 g/mol. The Kier molecular flexibility index (Phi) is 4.55. The van der Waals surface area contributed by atoms with Gasteiger partial charge in [0, 0.05) is 51.5 Å². The number of benzene rings is 1. The van der Waals surface area contributed by atoms with Crippen molar-refractivity contribution in [2.24, 2.45) is 0 Å². The second-order valence-electron chi connectivity index (χ2n) is 6.87. The second kappa shape index (κ2) is 6.98. The zero-order valence-corrected chi connectivity index (χ0v) is 14.5. The fourth-order valence-electron chi connectivity index (χ4n) is 3.61. The summed E-state index contributed by atoms with van der Waals surface area (Å²) in [5.74, 6) is 1.89. The van der Waals surface area contributed by atoms with E-state index >= 15 is 0 Å². The Morgan fingerprint density at radius 3 is 2.84 bits per heavy atom. The first-order chi connectivity index (χ1) is 12.2. The number of aromatic nitrogens is 2. The van der Waals surface area contributed by atoms with Gasteiger partial charge in [0.05, 0.1) is 12.3 Å². The van der Waals surface area contributed by atoms with Crippen molar-refractivity contribution in [1.29, 1.82) is 0 Å². The molecule has 6 heteroatoms. The van der Waals surface area contributed by atoms with Gasteiger partial charge in [0.15, 0.2) is 0 Å². The molecule has 2 atom stereocenters. The second-order valence-corrected chi connectivity index (χ2v) is 6.87.